The molecule has 5 heteroatoms. The molecule has 0 atom stereocenters. The summed E-state index contributed by atoms with van der Waals surface area (Å²) >= 11 is 9.29. The third-order valence-corrected chi connectivity index (χ3v) is 3.74. The first kappa shape index (κ1) is 9.23. The molecule has 1 aromatic heterocycles. The van der Waals surface area contributed by atoms with Crippen molar-refractivity contribution in [2.45, 2.75) is 0 Å². The quantitative estimate of drug-likeness (QED) is 0.575. The third kappa shape index (κ3) is 1.66. The van der Waals surface area contributed by atoms with Gasteiger partial charge in [-0.1, -0.05) is 0 Å². The van der Waals surface area contributed by atoms with Gasteiger partial charge in [0.25, 0.3) is 0 Å². The molecule has 0 spiro atoms. The van der Waals surface area contributed by atoms with E-state index in [0.717, 1.165) is 7.76 Å². The van der Waals surface area contributed by atoms with Crippen LogP contribution < -0.4 is 0 Å². The van der Waals surface area contributed by atoms with Gasteiger partial charge in [-0.25, -0.2) is 0 Å². The second-order valence-electron chi connectivity index (χ2n) is 1.71. The SMILES string of the molecule is [B]=Cc1sc(I)c(C#N)c1Cl. The van der Waals surface area contributed by atoms with Crippen molar-refractivity contribution in [2.24, 2.45) is 0 Å². The first-order valence-electron chi connectivity index (χ1n) is 2.63. The zero-order valence-corrected chi connectivity index (χ0v) is 9.00. The minimum atomic E-state index is 0.462. The molecule has 0 aliphatic rings. The Bertz CT molecular complexity index is 341. The molecule has 1 aromatic rings. The molecular formula is C6HBClINS. The van der Waals surface area contributed by atoms with Crippen molar-refractivity contribution in [2.75, 3.05) is 0 Å². The van der Waals surface area contributed by atoms with Crippen LogP contribution in [0.15, 0.2) is 0 Å². The fraction of sp³-hybridized carbons (Fsp3) is 0. The van der Waals surface area contributed by atoms with Crippen molar-refractivity contribution >= 4 is 59.0 Å². The van der Waals surface area contributed by atoms with Gasteiger partial charge in [0, 0.05) is 0 Å². The van der Waals surface area contributed by atoms with Gasteiger partial charge in [-0.2, -0.15) is 0 Å². The summed E-state index contributed by atoms with van der Waals surface area (Å²) < 4.78 is 0.881. The summed E-state index contributed by atoms with van der Waals surface area (Å²) in [7, 11) is 5.28. The number of halogens is 2. The molecule has 1 rings (SSSR count). The molecule has 0 N–H and O–H groups in total. The number of nitriles is 1. The van der Waals surface area contributed by atoms with Gasteiger partial charge in [0.15, 0.2) is 0 Å². The second kappa shape index (κ2) is 3.70. The maximum absolute atomic E-state index is 8.62. The van der Waals surface area contributed by atoms with E-state index in [-0.39, 0.29) is 0 Å². The molecule has 0 bridgehead atoms. The van der Waals surface area contributed by atoms with Gasteiger partial charge < -0.3 is 0 Å². The molecule has 0 fully saturated rings. The van der Waals surface area contributed by atoms with Gasteiger partial charge in [-0.15, -0.1) is 0 Å². The van der Waals surface area contributed by atoms with E-state index in [2.05, 4.69) is 22.6 Å². The van der Waals surface area contributed by atoms with Gasteiger partial charge in [0.2, 0.25) is 0 Å². The number of rotatable bonds is 1. The van der Waals surface area contributed by atoms with Crippen molar-refractivity contribution in [1.82, 2.24) is 0 Å². The predicted octanol–water partition coefficient (Wildman–Crippen LogP) is 2.20. The Hall–Kier alpha value is 0.145. The number of nitrogens with zero attached hydrogens (tertiary/aromatic N) is 1. The first-order chi connectivity index (χ1) is 5.20. The van der Waals surface area contributed by atoms with Gasteiger partial charge in [0.1, 0.15) is 0 Å². The summed E-state index contributed by atoms with van der Waals surface area (Å²) in [6, 6.07) is 2.01. The van der Waals surface area contributed by atoms with E-state index in [1.54, 1.807) is 0 Å². The summed E-state index contributed by atoms with van der Waals surface area (Å²) in [4.78, 5) is 0.757. The molecule has 0 amide bonds. The van der Waals surface area contributed by atoms with Crippen LogP contribution in [0, 0.1) is 14.2 Å². The van der Waals surface area contributed by atoms with Crippen molar-refractivity contribution < 1.29 is 0 Å². The Morgan fingerprint density at radius 2 is 2.36 bits per heavy atom. The molecule has 53 valence electrons. The summed E-state index contributed by atoms with van der Waals surface area (Å²) in [5.41, 5.74) is 0.522. The fourth-order valence-corrected chi connectivity index (χ4v) is 2.94. The van der Waals surface area contributed by atoms with Gasteiger partial charge in [0.05, 0.1) is 0 Å². The summed E-state index contributed by atoms with van der Waals surface area (Å²) in [5, 5.41) is 9.08. The van der Waals surface area contributed by atoms with Crippen LogP contribution in [0.3, 0.4) is 0 Å². The van der Waals surface area contributed by atoms with Crippen molar-refractivity contribution in [3.05, 3.63) is 18.3 Å². The summed E-state index contributed by atoms with van der Waals surface area (Å²) in [5.74, 6) is 1.41. The zero-order chi connectivity index (χ0) is 8.43. The van der Waals surface area contributed by atoms with E-state index in [1.807, 2.05) is 6.07 Å². The van der Waals surface area contributed by atoms with Gasteiger partial charge in [-0.3, -0.25) is 0 Å². The van der Waals surface area contributed by atoms with Crippen LogP contribution in [0.25, 0.3) is 0 Å². The predicted molar refractivity (Wildman–Crippen MR) is 57.7 cm³/mol. The number of hydrogen-bond acceptors (Lipinski definition) is 2. The normalized spacial score (nSPS) is 9.09. The molecule has 0 saturated heterocycles. The fourth-order valence-electron chi connectivity index (χ4n) is 0.602. The number of thiophene rings is 1. The zero-order valence-electron chi connectivity index (χ0n) is 5.27. The van der Waals surface area contributed by atoms with Gasteiger partial charge in [-0.05, 0) is 0 Å². The summed E-state index contributed by atoms with van der Waals surface area (Å²) in [6.45, 7) is 0. The summed E-state index contributed by atoms with van der Waals surface area (Å²) in [6.07, 6.45) is 0. The third-order valence-electron chi connectivity index (χ3n) is 1.10. The Morgan fingerprint density at radius 1 is 1.73 bits per heavy atom. The molecule has 0 aliphatic carbocycles. The monoisotopic (exact) mass is 292 g/mol. The maximum atomic E-state index is 8.62. The van der Waals surface area contributed by atoms with Crippen molar-refractivity contribution in [3.63, 3.8) is 0 Å². The Labute approximate surface area is 88.2 Å². The Kier molecular flexibility index (Phi) is 3.11. The van der Waals surface area contributed by atoms with E-state index in [9.17, 15) is 0 Å². The average molecular weight is 292 g/mol. The van der Waals surface area contributed by atoms with Crippen LogP contribution in [-0.2, 0) is 0 Å². The molecule has 1 nitrogen and oxygen atoms in total. The van der Waals surface area contributed by atoms with E-state index < -0.39 is 0 Å². The number of hydrogen-bond donors (Lipinski definition) is 0. The Balaban J connectivity index is 3.39. The molecule has 1 radical (unpaired) electrons. The topological polar surface area (TPSA) is 23.8 Å². The minimum absolute atomic E-state index is 0.462. The van der Waals surface area contributed by atoms with Crippen LogP contribution in [0.4, 0.5) is 0 Å². The molecule has 0 unspecified atom stereocenters. The molecule has 0 aromatic carbocycles. The van der Waals surface area contributed by atoms with E-state index in [0.29, 0.717) is 10.6 Å². The van der Waals surface area contributed by atoms with E-state index >= 15 is 0 Å². The van der Waals surface area contributed by atoms with Crippen LogP contribution >= 0.6 is 45.5 Å². The first-order valence-corrected chi connectivity index (χ1v) is 4.91. The van der Waals surface area contributed by atoms with Crippen molar-refractivity contribution in [1.29, 1.82) is 5.26 Å². The van der Waals surface area contributed by atoms with E-state index in [1.165, 1.54) is 17.3 Å². The van der Waals surface area contributed by atoms with Crippen LogP contribution in [0.2, 0.25) is 5.02 Å². The van der Waals surface area contributed by atoms with Crippen molar-refractivity contribution in [3.8, 4) is 6.07 Å². The molecule has 0 saturated carbocycles. The average Bonchev–Trinajstić information content (AvgIpc) is 2.26. The van der Waals surface area contributed by atoms with Crippen LogP contribution in [0.5, 0.6) is 0 Å². The molecular weight excluding hydrogens is 291 g/mol. The molecule has 11 heavy (non-hydrogen) atoms. The molecule has 1 heterocycles. The van der Waals surface area contributed by atoms with Crippen LogP contribution in [-0.4, -0.2) is 13.5 Å². The van der Waals surface area contributed by atoms with E-state index in [4.69, 9.17) is 24.4 Å². The Morgan fingerprint density at radius 3 is 2.64 bits per heavy atom. The standard InChI is InChI=1S/C6HBClINS/c7-1-4-5(8)3(2-10)6(9)11-4/h1H. The molecule has 0 aliphatic heterocycles. The van der Waals surface area contributed by atoms with Crippen LogP contribution in [0.1, 0.15) is 10.4 Å². The van der Waals surface area contributed by atoms with Gasteiger partial charge >= 0.3 is 88.7 Å². The second-order valence-corrected chi connectivity index (χ2v) is 4.95.